The fraction of sp³-hybridized carbons (Fsp3) is 0.800. The van der Waals surface area contributed by atoms with Gasteiger partial charge in [-0.1, -0.05) is 31.6 Å². The molecule has 0 aliphatic carbocycles. The molecule has 0 amide bonds. The molecule has 17 heavy (non-hydrogen) atoms. The quantitative estimate of drug-likeness (QED) is 0.762. The summed E-state index contributed by atoms with van der Waals surface area (Å²) in [6, 6.07) is 0. The van der Waals surface area contributed by atoms with Crippen molar-refractivity contribution < 1.29 is 12.3 Å². The summed E-state index contributed by atoms with van der Waals surface area (Å²) in [5.74, 6) is 0.512. The van der Waals surface area contributed by atoms with Gasteiger partial charge in [-0.3, -0.25) is 4.57 Å². The Morgan fingerprint density at radius 2 is 1.88 bits per heavy atom. The number of halogens is 1. The average molecular weight is 263 g/mol. The third-order valence-electron chi connectivity index (χ3n) is 2.87. The summed E-state index contributed by atoms with van der Waals surface area (Å²) in [4.78, 5) is 0. The second kappa shape index (κ2) is 4.72. The summed E-state index contributed by atoms with van der Waals surface area (Å²) in [7, 11) is -4.81. The molecule has 0 aliphatic rings. The minimum absolute atomic E-state index is 0.328. The maximum Gasteiger partial charge on any atom is 0.368 e. The van der Waals surface area contributed by atoms with Gasteiger partial charge in [0.05, 0.1) is 0 Å². The lowest BCUT2D eigenvalue weighted by Crippen LogP contribution is -2.23. The standard InChI is InChI=1S/C10H18FN3O2S/c1-5-7-14-8(10(3,4)6-2)12-13-9(14)17(11,15)16/h5-7H2,1-4H3. The second-order valence-corrected chi connectivity index (χ2v) is 5.87. The van der Waals surface area contributed by atoms with Crippen molar-refractivity contribution in [1.29, 1.82) is 0 Å². The predicted molar refractivity (Wildman–Crippen MR) is 61.9 cm³/mol. The summed E-state index contributed by atoms with van der Waals surface area (Å²) in [5.41, 5.74) is -0.328. The molecule has 0 fully saturated rings. The molecule has 1 aromatic rings. The molecule has 0 spiro atoms. The Hall–Kier alpha value is -0.980. The van der Waals surface area contributed by atoms with Gasteiger partial charge in [0.15, 0.2) is 0 Å². The van der Waals surface area contributed by atoms with E-state index >= 15 is 0 Å². The number of nitrogens with zero attached hydrogens (tertiary/aromatic N) is 3. The van der Waals surface area contributed by atoms with Crippen LogP contribution in [0.4, 0.5) is 3.89 Å². The first kappa shape index (κ1) is 14.1. The summed E-state index contributed by atoms with van der Waals surface area (Å²) in [5, 5.41) is 6.72. The van der Waals surface area contributed by atoms with E-state index in [9.17, 15) is 12.3 Å². The first-order valence-corrected chi connectivity index (χ1v) is 7.00. The fourth-order valence-corrected chi connectivity index (χ4v) is 2.13. The zero-order valence-corrected chi connectivity index (χ0v) is 11.4. The van der Waals surface area contributed by atoms with Gasteiger partial charge >= 0.3 is 10.2 Å². The Balaban J connectivity index is 3.40. The van der Waals surface area contributed by atoms with Crippen LogP contribution in [0.1, 0.15) is 46.4 Å². The summed E-state index contributed by atoms with van der Waals surface area (Å²) in [6.45, 7) is 8.10. The van der Waals surface area contributed by atoms with Gasteiger partial charge in [-0.15, -0.1) is 10.2 Å². The van der Waals surface area contributed by atoms with Gasteiger partial charge in [-0.2, -0.15) is 8.42 Å². The summed E-state index contributed by atoms with van der Waals surface area (Å²) < 4.78 is 36.4. The molecular weight excluding hydrogens is 245 g/mol. The van der Waals surface area contributed by atoms with E-state index in [2.05, 4.69) is 10.2 Å². The maximum absolute atomic E-state index is 13.1. The van der Waals surface area contributed by atoms with E-state index in [4.69, 9.17) is 0 Å². The molecule has 1 aromatic heterocycles. The molecule has 0 saturated carbocycles. The van der Waals surface area contributed by atoms with E-state index in [1.54, 1.807) is 0 Å². The van der Waals surface area contributed by atoms with Gasteiger partial charge in [-0.25, -0.2) is 0 Å². The zero-order valence-electron chi connectivity index (χ0n) is 10.6. The number of aromatic nitrogens is 3. The third kappa shape index (κ3) is 2.83. The molecule has 0 bridgehead atoms. The molecule has 0 aromatic carbocycles. The Labute approximate surface area is 101 Å². The molecule has 7 heteroatoms. The van der Waals surface area contributed by atoms with Gasteiger partial charge in [-0.05, 0) is 12.8 Å². The van der Waals surface area contributed by atoms with E-state index in [1.165, 1.54) is 4.57 Å². The van der Waals surface area contributed by atoms with Gasteiger partial charge < -0.3 is 0 Å². The number of rotatable bonds is 5. The highest BCUT2D eigenvalue weighted by Gasteiger charge is 2.31. The predicted octanol–water partition coefficient (Wildman–Crippen LogP) is 2.03. The van der Waals surface area contributed by atoms with Crippen LogP contribution in [-0.4, -0.2) is 23.2 Å². The first-order valence-electron chi connectivity index (χ1n) is 5.62. The maximum atomic E-state index is 13.1. The van der Waals surface area contributed by atoms with Crippen LogP contribution in [0.25, 0.3) is 0 Å². The van der Waals surface area contributed by atoms with Crippen LogP contribution < -0.4 is 0 Å². The van der Waals surface area contributed by atoms with Crippen molar-refractivity contribution in [1.82, 2.24) is 14.8 Å². The molecule has 0 aliphatic heterocycles. The first-order chi connectivity index (χ1) is 7.74. The highest BCUT2D eigenvalue weighted by Crippen LogP contribution is 2.27. The van der Waals surface area contributed by atoms with E-state index in [1.807, 2.05) is 27.7 Å². The van der Waals surface area contributed by atoms with E-state index < -0.39 is 15.4 Å². The average Bonchev–Trinajstić information content (AvgIpc) is 2.62. The number of hydrogen-bond donors (Lipinski definition) is 0. The Morgan fingerprint density at radius 1 is 1.29 bits per heavy atom. The molecule has 0 atom stereocenters. The van der Waals surface area contributed by atoms with Gasteiger partial charge in [0.25, 0.3) is 5.16 Å². The largest absolute Gasteiger partial charge is 0.368 e. The molecule has 1 heterocycles. The van der Waals surface area contributed by atoms with Crippen LogP contribution in [0.5, 0.6) is 0 Å². The lowest BCUT2D eigenvalue weighted by atomic mass is 9.89. The van der Waals surface area contributed by atoms with E-state index in [0.29, 0.717) is 18.8 Å². The highest BCUT2D eigenvalue weighted by molar-refractivity contribution is 7.86. The zero-order chi connectivity index (χ0) is 13.3. The van der Waals surface area contributed by atoms with Crippen LogP contribution in [0, 0.1) is 0 Å². The minimum atomic E-state index is -4.81. The fourth-order valence-electron chi connectivity index (χ4n) is 1.55. The van der Waals surface area contributed by atoms with Crippen molar-refractivity contribution in [3.8, 4) is 0 Å². The SMILES string of the molecule is CCCn1c(C(C)(C)CC)nnc1S(=O)(=O)F. The Bertz CT molecular complexity index is 494. The second-order valence-electron chi connectivity index (χ2n) is 4.63. The lowest BCUT2D eigenvalue weighted by molar-refractivity contribution is 0.427. The molecule has 0 unspecified atom stereocenters. The molecular formula is C10H18FN3O2S. The summed E-state index contributed by atoms with van der Waals surface area (Å²) >= 11 is 0. The van der Waals surface area contributed by atoms with E-state index in [0.717, 1.165) is 6.42 Å². The van der Waals surface area contributed by atoms with Crippen LogP contribution in [0.15, 0.2) is 5.16 Å². The third-order valence-corrected chi connectivity index (χ3v) is 3.61. The van der Waals surface area contributed by atoms with Crippen molar-refractivity contribution in [2.24, 2.45) is 0 Å². The van der Waals surface area contributed by atoms with Crippen molar-refractivity contribution in [2.45, 2.75) is 57.7 Å². The van der Waals surface area contributed by atoms with Crippen LogP contribution in [-0.2, 0) is 22.2 Å². The molecule has 98 valence electrons. The topological polar surface area (TPSA) is 64.8 Å². The van der Waals surface area contributed by atoms with Gasteiger partial charge in [0.1, 0.15) is 5.82 Å². The van der Waals surface area contributed by atoms with Crippen molar-refractivity contribution in [3.63, 3.8) is 0 Å². The molecule has 0 saturated heterocycles. The molecule has 0 N–H and O–H groups in total. The van der Waals surface area contributed by atoms with E-state index in [-0.39, 0.29) is 5.41 Å². The Morgan fingerprint density at radius 3 is 2.29 bits per heavy atom. The van der Waals surface area contributed by atoms with Crippen LogP contribution in [0.3, 0.4) is 0 Å². The number of hydrogen-bond acceptors (Lipinski definition) is 4. The highest BCUT2D eigenvalue weighted by atomic mass is 32.3. The molecule has 5 nitrogen and oxygen atoms in total. The van der Waals surface area contributed by atoms with Crippen molar-refractivity contribution >= 4 is 10.2 Å². The monoisotopic (exact) mass is 263 g/mol. The smallest absolute Gasteiger partial charge is 0.299 e. The van der Waals surface area contributed by atoms with Crippen molar-refractivity contribution in [3.05, 3.63) is 5.82 Å². The summed E-state index contributed by atoms with van der Waals surface area (Å²) in [6.07, 6.45) is 1.45. The minimum Gasteiger partial charge on any atom is -0.299 e. The molecule has 1 rings (SSSR count). The lowest BCUT2D eigenvalue weighted by Gasteiger charge is -2.22. The van der Waals surface area contributed by atoms with Crippen LogP contribution >= 0.6 is 0 Å². The van der Waals surface area contributed by atoms with Crippen LogP contribution in [0.2, 0.25) is 0 Å². The van der Waals surface area contributed by atoms with Gasteiger partial charge in [0, 0.05) is 12.0 Å². The van der Waals surface area contributed by atoms with Crippen molar-refractivity contribution in [2.75, 3.05) is 0 Å². The Kier molecular flexibility index (Phi) is 3.91. The van der Waals surface area contributed by atoms with Gasteiger partial charge in [0.2, 0.25) is 0 Å². The molecule has 0 radical (unpaired) electrons. The normalized spacial score (nSPS) is 13.0.